The molecule has 0 radical (unpaired) electrons. The zero-order valence-electron chi connectivity index (χ0n) is 19.8. The number of aryl methyl sites for hydroxylation is 1. The van der Waals surface area contributed by atoms with Gasteiger partial charge in [0.15, 0.2) is 9.84 Å². The Balaban J connectivity index is 1.31. The van der Waals surface area contributed by atoms with E-state index in [1.54, 1.807) is 0 Å². The zero-order chi connectivity index (χ0) is 25.9. The number of halogens is 2. The topological polar surface area (TPSA) is 106 Å². The van der Waals surface area contributed by atoms with E-state index in [9.17, 15) is 31.6 Å². The molecule has 2 aromatic rings. The average Bonchev–Trinajstić information content (AvgIpc) is 3.75. The summed E-state index contributed by atoms with van der Waals surface area (Å²) in [5.74, 6) is -1.11. The minimum absolute atomic E-state index is 0.0459. The maximum atomic E-state index is 13.6. The van der Waals surface area contributed by atoms with Crippen molar-refractivity contribution < 1.29 is 26.8 Å². The molecule has 0 bridgehead atoms. The number of sulfone groups is 1. The number of amides is 2. The van der Waals surface area contributed by atoms with Crippen LogP contribution in [0.2, 0.25) is 0 Å². The van der Waals surface area contributed by atoms with Gasteiger partial charge in [0.1, 0.15) is 16.0 Å². The van der Waals surface area contributed by atoms with Crippen molar-refractivity contribution in [1.29, 1.82) is 0 Å². The van der Waals surface area contributed by atoms with Crippen molar-refractivity contribution in [3.63, 3.8) is 0 Å². The molecule has 2 heterocycles. The Bertz CT molecular complexity index is 1390. The molecule has 36 heavy (non-hydrogen) atoms. The van der Waals surface area contributed by atoms with Gasteiger partial charge in [-0.3, -0.25) is 14.4 Å². The number of aromatic nitrogens is 1. The molecule has 0 spiro atoms. The Morgan fingerprint density at radius 1 is 1.03 bits per heavy atom. The second-order valence-corrected chi connectivity index (χ2v) is 12.7. The molecule has 0 saturated heterocycles. The van der Waals surface area contributed by atoms with E-state index in [1.807, 2.05) is 31.2 Å². The summed E-state index contributed by atoms with van der Waals surface area (Å²) in [5.41, 5.74) is 1.31. The van der Waals surface area contributed by atoms with Crippen LogP contribution < -0.4 is 10.9 Å². The lowest BCUT2D eigenvalue weighted by Gasteiger charge is -2.33. The van der Waals surface area contributed by atoms with Gasteiger partial charge >= 0.3 is 0 Å². The highest BCUT2D eigenvalue weighted by Crippen LogP contribution is 2.59. The van der Waals surface area contributed by atoms with Crippen LogP contribution in [0.25, 0.3) is 0 Å². The van der Waals surface area contributed by atoms with Crippen LogP contribution in [0.1, 0.15) is 57.7 Å². The number of hydrogen-bond acceptors (Lipinski definition) is 5. The summed E-state index contributed by atoms with van der Waals surface area (Å²) in [6.07, 6.45) is -2.60. The normalized spacial score (nSPS) is 19.7. The quantitative estimate of drug-likeness (QED) is 0.576. The molecule has 1 aromatic heterocycles. The lowest BCUT2D eigenvalue weighted by Crippen LogP contribution is -2.52. The van der Waals surface area contributed by atoms with Crippen molar-refractivity contribution >= 4 is 21.7 Å². The second kappa shape index (κ2) is 8.50. The molecule has 0 unspecified atom stereocenters. The maximum Gasteiger partial charge on any atom is 0.270 e. The molecular formula is C25H27F2N3O5S. The number of pyridine rings is 1. The third kappa shape index (κ3) is 3.84. The summed E-state index contributed by atoms with van der Waals surface area (Å²) in [5, 5.41) is 2.71. The van der Waals surface area contributed by atoms with Crippen LogP contribution in [0.4, 0.5) is 8.78 Å². The van der Waals surface area contributed by atoms with Gasteiger partial charge in [0.25, 0.3) is 23.8 Å². The van der Waals surface area contributed by atoms with Crippen molar-refractivity contribution in [2.75, 3.05) is 13.1 Å². The van der Waals surface area contributed by atoms with Gasteiger partial charge < -0.3 is 14.8 Å². The minimum atomic E-state index is -4.14. The molecule has 2 amide bonds. The second-order valence-electron chi connectivity index (χ2n) is 10.0. The van der Waals surface area contributed by atoms with E-state index in [-0.39, 0.29) is 63.1 Å². The predicted molar refractivity (Wildman–Crippen MR) is 128 cm³/mol. The summed E-state index contributed by atoms with van der Waals surface area (Å²) in [6.45, 7) is 2.16. The largest absolute Gasteiger partial charge is 0.348 e. The first-order valence-electron chi connectivity index (χ1n) is 11.9. The van der Waals surface area contributed by atoms with Crippen molar-refractivity contribution in [2.24, 2.45) is 0 Å². The first kappa shape index (κ1) is 24.6. The average molecular weight is 520 g/mol. The number of nitrogens with zero attached hydrogens (tertiary/aromatic N) is 2. The summed E-state index contributed by atoms with van der Waals surface area (Å²) in [6, 6.07) is 10.3. The number of alkyl halides is 2. The molecule has 2 aliphatic carbocycles. The third-order valence-electron chi connectivity index (χ3n) is 7.62. The Morgan fingerprint density at radius 3 is 2.28 bits per heavy atom. The predicted octanol–water partition coefficient (Wildman–Crippen LogP) is 2.29. The van der Waals surface area contributed by atoms with Crippen LogP contribution in [0.3, 0.4) is 0 Å². The van der Waals surface area contributed by atoms with Crippen LogP contribution in [0, 0.1) is 6.92 Å². The number of fused-ring (bicyclic) bond motifs is 1. The summed E-state index contributed by atoms with van der Waals surface area (Å²) < 4.78 is 51.2. The van der Waals surface area contributed by atoms with Crippen LogP contribution >= 0.6 is 0 Å². The number of carbonyl (C=O) groups is 2. The van der Waals surface area contributed by atoms with Crippen molar-refractivity contribution in [3.05, 3.63) is 69.1 Å². The molecule has 1 aromatic carbocycles. The minimum Gasteiger partial charge on any atom is -0.348 e. The van der Waals surface area contributed by atoms with Gasteiger partial charge in [-0.1, -0.05) is 29.8 Å². The molecule has 8 nitrogen and oxygen atoms in total. The molecule has 5 rings (SSSR count). The first-order valence-corrected chi connectivity index (χ1v) is 13.4. The van der Waals surface area contributed by atoms with Crippen molar-refractivity contribution in [2.45, 2.75) is 61.6 Å². The van der Waals surface area contributed by atoms with Gasteiger partial charge in [0, 0.05) is 26.2 Å². The Kier molecular flexibility index (Phi) is 5.81. The monoisotopic (exact) mass is 519 g/mol. The van der Waals surface area contributed by atoms with Gasteiger partial charge in [0.05, 0.1) is 4.75 Å². The standard InChI is InChI=1S/C25H27F2N3O5S/c1-16-2-4-17(5-3-16)14-28-20(31)18-6-7-19-22(33)29(12-13-30(19)21(18)32)15-24(8-9-24)36(34,35)25(10-11-25)23(26)27/h2-7,23H,8-15H2,1H3,(H,28,31). The molecule has 0 atom stereocenters. The zero-order valence-corrected chi connectivity index (χ0v) is 20.6. The van der Waals surface area contributed by atoms with E-state index < -0.39 is 43.1 Å². The van der Waals surface area contributed by atoms with Crippen LogP contribution in [-0.4, -0.2) is 58.7 Å². The van der Waals surface area contributed by atoms with Crippen molar-refractivity contribution in [3.8, 4) is 0 Å². The maximum absolute atomic E-state index is 13.6. The lowest BCUT2D eigenvalue weighted by molar-refractivity contribution is 0.0694. The third-order valence-corrected chi connectivity index (χ3v) is 11.0. The lowest BCUT2D eigenvalue weighted by atomic mass is 10.1. The van der Waals surface area contributed by atoms with Crippen LogP contribution in [0.15, 0.2) is 41.2 Å². The van der Waals surface area contributed by atoms with Crippen molar-refractivity contribution in [1.82, 2.24) is 14.8 Å². The number of benzene rings is 1. The fraction of sp³-hybridized carbons (Fsp3) is 0.480. The smallest absolute Gasteiger partial charge is 0.270 e. The molecule has 1 N–H and O–H groups in total. The number of nitrogens with one attached hydrogen (secondary N) is 1. The van der Waals surface area contributed by atoms with Gasteiger partial charge in [0.2, 0.25) is 0 Å². The van der Waals surface area contributed by atoms with E-state index in [1.165, 1.54) is 21.6 Å². The first-order chi connectivity index (χ1) is 17.0. The van der Waals surface area contributed by atoms with E-state index in [0.29, 0.717) is 0 Å². The van der Waals surface area contributed by atoms with E-state index in [0.717, 1.165) is 11.1 Å². The molecule has 2 saturated carbocycles. The van der Waals surface area contributed by atoms with Gasteiger partial charge in [-0.15, -0.1) is 0 Å². The molecule has 192 valence electrons. The summed E-state index contributed by atoms with van der Waals surface area (Å²) in [4.78, 5) is 40.1. The van der Waals surface area contributed by atoms with Gasteiger partial charge in [-0.2, -0.15) is 0 Å². The Labute approximate surface area is 207 Å². The summed E-state index contributed by atoms with van der Waals surface area (Å²) in [7, 11) is -4.14. The van der Waals surface area contributed by atoms with Gasteiger partial charge in [-0.05, 0) is 50.3 Å². The van der Waals surface area contributed by atoms with E-state index in [2.05, 4.69) is 5.32 Å². The number of hydrogen-bond donors (Lipinski definition) is 1. The fourth-order valence-electron chi connectivity index (χ4n) is 4.94. The molecule has 1 aliphatic heterocycles. The molecule has 3 aliphatic rings. The Morgan fingerprint density at radius 2 is 1.69 bits per heavy atom. The molecular weight excluding hydrogens is 492 g/mol. The summed E-state index contributed by atoms with van der Waals surface area (Å²) >= 11 is 0. The highest BCUT2D eigenvalue weighted by Gasteiger charge is 2.71. The highest BCUT2D eigenvalue weighted by molar-refractivity contribution is 7.94. The molecule has 2 fully saturated rings. The van der Waals surface area contributed by atoms with E-state index in [4.69, 9.17) is 0 Å². The van der Waals surface area contributed by atoms with Crippen LogP contribution in [-0.2, 0) is 22.9 Å². The highest BCUT2D eigenvalue weighted by atomic mass is 32.2. The van der Waals surface area contributed by atoms with Crippen LogP contribution in [0.5, 0.6) is 0 Å². The SMILES string of the molecule is Cc1ccc(CNC(=O)c2ccc3n(c2=O)CCN(CC2(S(=O)(=O)C4(C(F)F)CC4)CC2)C3=O)cc1. The number of rotatable bonds is 8. The Hall–Kier alpha value is -3.08. The van der Waals surface area contributed by atoms with Gasteiger partial charge in [-0.25, -0.2) is 17.2 Å². The molecule has 11 heteroatoms. The number of carbonyl (C=O) groups excluding carboxylic acids is 2. The van der Waals surface area contributed by atoms with E-state index >= 15 is 0 Å². The fourth-order valence-corrected chi connectivity index (χ4v) is 7.64.